The molecule has 0 saturated heterocycles. The second kappa shape index (κ2) is 8.12. The van der Waals surface area contributed by atoms with E-state index in [2.05, 4.69) is 5.32 Å². The maximum Gasteiger partial charge on any atom is 0.340 e. The van der Waals surface area contributed by atoms with Gasteiger partial charge in [0.1, 0.15) is 0 Å². The minimum atomic E-state index is -0.499. The highest BCUT2D eigenvalue weighted by molar-refractivity contribution is 7.21. The van der Waals surface area contributed by atoms with Crippen LogP contribution in [0.4, 0.5) is 5.69 Å². The van der Waals surface area contributed by atoms with E-state index in [1.54, 1.807) is 41.8 Å². The molecule has 2 heterocycles. The van der Waals surface area contributed by atoms with Crippen LogP contribution >= 0.6 is 11.3 Å². The van der Waals surface area contributed by atoms with Crippen molar-refractivity contribution in [1.82, 2.24) is 4.57 Å². The lowest BCUT2D eigenvalue weighted by molar-refractivity contribution is 0.0527. The minimum Gasteiger partial charge on any atom is -0.462 e. The van der Waals surface area contributed by atoms with Crippen molar-refractivity contribution in [2.75, 3.05) is 11.9 Å². The van der Waals surface area contributed by atoms with Crippen LogP contribution in [0.2, 0.25) is 0 Å². The third-order valence-electron chi connectivity index (χ3n) is 4.86. The van der Waals surface area contributed by atoms with E-state index in [9.17, 15) is 14.4 Å². The van der Waals surface area contributed by atoms with E-state index in [1.807, 2.05) is 31.2 Å². The van der Waals surface area contributed by atoms with Gasteiger partial charge in [-0.25, -0.2) is 4.79 Å². The van der Waals surface area contributed by atoms with Gasteiger partial charge < -0.3 is 14.6 Å². The second-order valence-electron chi connectivity index (χ2n) is 6.64. The molecule has 2 aromatic heterocycles. The van der Waals surface area contributed by atoms with Gasteiger partial charge in [0.15, 0.2) is 0 Å². The fourth-order valence-electron chi connectivity index (χ4n) is 3.49. The number of pyridine rings is 1. The Balaban J connectivity index is 1.78. The molecule has 7 heteroatoms. The molecule has 4 rings (SSSR count). The number of esters is 1. The first-order valence-corrected chi connectivity index (χ1v) is 10.5. The van der Waals surface area contributed by atoms with E-state index < -0.39 is 5.97 Å². The van der Waals surface area contributed by atoms with Crippen molar-refractivity contribution in [2.45, 2.75) is 20.4 Å². The number of rotatable bonds is 5. The van der Waals surface area contributed by atoms with Crippen LogP contribution < -0.4 is 10.9 Å². The number of carbonyl (C=O) groups excluding carboxylic acids is 2. The molecule has 2 aromatic carbocycles. The van der Waals surface area contributed by atoms with Gasteiger partial charge in [-0.15, -0.1) is 11.3 Å². The number of para-hydroxylation sites is 2. The average molecular weight is 420 g/mol. The Hall–Kier alpha value is -3.45. The van der Waals surface area contributed by atoms with Gasteiger partial charge in [-0.05, 0) is 38.1 Å². The molecule has 1 N–H and O–H groups in total. The largest absolute Gasteiger partial charge is 0.462 e. The molecule has 152 valence electrons. The van der Waals surface area contributed by atoms with Gasteiger partial charge in [0.2, 0.25) is 0 Å². The van der Waals surface area contributed by atoms with Crippen molar-refractivity contribution >= 4 is 49.9 Å². The number of fused-ring (bicyclic) bond motifs is 3. The topological polar surface area (TPSA) is 77.4 Å². The molecule has 30 heavy (non-hydrogen) atoms. The first-order chi connectivity index (χ1) is 14.5. The lowest BCUT2D eigenvalue weighted by Crippen LogP contribution is -2.19. The quantitative estimate of drug-likeness (QED) is 0.476. The van der Waals surface area contributed by atoms with Crippen molar-refractivity contribution in [3.8, 4) is 0 Å². The van der Waals surface area contributed by atoms with Crippen LogP contribution in [0, 0.1) is 0 Å². The van der Waals surface area contributed by atoms with Gasteiger partial charge in [-0.1, -0.05) is 30.3 Å². The zero-order valence-corrected chi connectivity index (χ0v) is 17.4. The number of nitrogens with zero attached hydrogens (tertiary/aromatic N) is 1. The van der Waals surface area contributed by atoms with E-state index in [4.69, 9.17) is 4.74 Å². The number of amides is 1. The maximum absolute atomic E-state index is 13.0. The Labute approximate surface area is 176 Å². The Morgan fingerprint density at radius 2 is 1.77 bits per heavy atom. The molecule has 0 bridgehead atoms. The SMILES string of the molecule is CCOC(=O)c1ccccc1NC(=O)c1cc2c(=O)n(CC)c3ccccc3c2s1. The number of hydrogen-bond acceptors (Lipinski definition) is 5. The molecule has 6 nitrogen and oxygen atoms in total. The highest BCUT2D eigenvalue weighted by Crippen LogP contribution is 2.31. The van der Waals surface area contributed by atoms with Gasteiger partial charge in [-0.3, -0.25) is 9.59 Å². The number of ether oxygens (including phenoxy) is 1. The maximum atomic E-state index is 13.0. The van der Waals surface area contributed by atoms with E-state index in [1.165, 1.54) is 11.3 Å². The minimum absolute atomic E-state index is 0.117. The highest BCUT2D eigenvalue weighted by atomic mass is 32.1. The van der Waals surface area contributed by atoms with E-state index >= 15 is 0 Å². The van der Waals surface area contributed by atoms with Crippen molar-refractivity contribution in [3.05, 3.63) is 75.4 Å². The fourth-order valence-corrected chi connectivity index (χ4v) is 4.57. The van der Waals surface area contributed by atoms with E-state index in [-0.39, 0.29) is 23.6 Å². The number of benzene rings is 2. The molecule has 0 saturated carbocycles. The summed E-state index contributed by atoms with van der Waals surface area (Å²) in [5.41, 5.74) is 1.38. The first-order valence-electron chi connectivity index (χ1n) is 9.67. The summed E-state index contributed by atoms with van der Waals surface area (Å²) >= 11 is 1.27. The number of hydrogen-bond donors (Lipinski definition) is 1. The zero-order chi connectivity index (χ0) is 21.3. The molecule has 0 fully saturated rings. The van der Waals surface area contributed by atoms with E-state index in [0.29, 0.717) is 22.5 Å². The second-order valence-corrected chi connectivity index (χ2v) is 7.69. The first kappa shape index (κ1) is 19.8. The lowest BCUT2D eigenvalue weighted by Gasteiger charge is -2.09. The molecule has 0 spiro atoms. The molecule has 0 unspecified atom stereocenters. The molecule has 0 atom stereocenters. The van der Waals surface area contributed by atoms with E-state index in [0.717, 1.165) is 15.6 Å². The van der Waals surface area contributed by atoms with Crippen LogP contribution in [0.3, 0.4) is 0 Å². The van der Waals surface area contributed by atoms with Crippen LogP contribution in [0.25, 0.3) is 21.0 Å². The molecule has 0 aliphatic heterocycles. The van der Waals surface area contributed by atoms with Gasteiger partial charge in [0.25, 0.3) is 11.5 Å². The third kappa shape index (κ3) is 3.37. The number of thiophene rings is 1. The van der Waals surface area contributed by atoms with Gasteiger partial charge in [0.05, 0.1) is 33.6 Å². The number of nitrogens with one attached hydrogen (secondary N) is 1. The van der Waals surface area contributed by atoms with Gasteiger partial charge >= 0.3 is 5.97 Å². The molecular weight excluding hydrogens is 400 g/mol. The number of carbonyl (C=O) groups is 2. The predicted molar refractivity (Wildman–Crippen MR) is 120 cm³/mol. The zero-order valence-electron chi connectivity index (χ0n) is 16.6. The normalized spacial score (nSPS) is 11.0. The van der Waals surface area contributed by atoms with Crippen molar-refractivity contribution in [2.24, 2.45) is 0 Å². The smallest absolute Gasteiger partial charge is 0.340 e. The number of anilines is 1. The van der Waals surface area contributed by atoms with Crippen LogP contribution in [0.1, 0.15) is 33.9 Å². The Bertz CT molecular complexity index is 1340. The summed E-state index contributed by atoms with van der Waals surface area (Å²) in [5, 5.41) is 4.24. The van der Waals surface area contributed by atoms with Gasteiger partial charge in [0, 0.05) is 16.6 Å². The summed E-state index contributed by atoms with van der Waals surface area (Å²) in [6.07, 6.45) is 0. The molecule has 0 aliphatic carbocycles. The van der Waals surface area contributed by atoms with Gasteiger partial charge in [-0.2, -0.15) is 0 Å². The Morgan fingerprint density at radius 3 is 2.53 bits per heavy atom. The van der Waals surface area contributed by atoms with Crippen molar-refractivity contribution in [1.29, 1.82) is 0 Å². The fraction of sp³-hybridized carbons (Fsp3) is 0.174. The monoisotopic (exact) mass is 420 g/mol. The highest BCUT2D eigenvalue weighted by Gasteiger charge is 2.19. The molecule has 1 amide bonds. The van der Waals surface area contributed by atoms with Crippen LogP contribution in [-0.4, -0.2) is 23.1 Å². The van der Waals surface area contributed by atoms with Crippen LogP contribution in [0.15, 0.2) is 59.4 Å². The molecule has 0 aliphatic rings. The average Bonchev–Trinajstić information content (AvgIpc) is 3.21. The summed E-state index contributed by atoms with van der Waals surface area (Å²) < 4.78 is 7.55. The summed E-state index contributed by atoms with van der Waals surface area (Å²) in [6, 6.07) is 16.0. The Morgan fingerprint density at radius 1 is 1.03 bits per heavy atom. The Kier molecular flexibility index (Phi) is 5.37. The number of aryl methyl sites for hydroxylation is 1. The van der Waals surface area contributed by atoms with Crippen molar-refractivity contribution < 1.29 is 14.3 Å². The lowest BCUT2D eigenvalue weighted by atomic mass is 10.1. The van der Waals surface area contributed by atoms with Crippen LogP contribution in [0.5, 0.6) is 0 Å². The molecule has 0 radical (unpaired) electrons. The third-order valence-corrected chi connectivity index (χ3v) is 6.02. The predicted octanol–water partition coefficient (Wildman–Crippen LogP) is 4.67. The summed E-state index contributed by atoms with van der Waals surface area (Å²) in [4.78, 5) is 38.5. The van der Waals surface area contributed by atoms with Crippen LogP contribution in [-0.2, 0) is 11.3 Å². The molecular formula is C23H20N2O4S. The van der Waals surface area contributed by atoms with Crippen molar-refractivity contribution in [3.63, 3.8) is 0 Å². The number of aromatic nitrogens is 1. The summed E-state index contributed by atoms with van der Waals surface area (Å²) in [5.74, 6) is -0.874. The standard InChI is InChI=1S/C23H20N2O4S/c1-3-25-18-12-8-6-10-15(18)20-16(22(25)27)13-19(30-20)21(26)24-17-11-7-5-9-14(17)23(28)29-4-2/h5-13H,3-4H2,1-2H3,(H,24,26). The molecule has 4 aromatic rings. The summed E-state index contributed by atoms with van der Waals surface area (Å²) in [7, 11) is 0. The summed E-state index contributed by atoms with van der Waals surface area (Å²) in [6.45, 7) is 4.43.